The molecular formula is C19H20N4O5. The molecule has 2 aromatic carbocycles. The van der Waals surface area contributed by atoms with E-state index in [2.05, 4.69) is 10.6 Å². The number of ether oxygens (including phenoxy) is 1. The van der Waals surface area contributed by atoms with Crippen molar-refractivity contribution in [1.82, 2.24) is 5.32 Å². The van der Waals surface area contributed by atoms with E-state index in [0.717, 1.165) is 0 Å². The van der Waals surface area contributed by atoms with Crippen LogP contribution < -0.4 is 20.3 Å². The Kier molecular flexibility index (Phi) is 5.44. The fourth-order valence-corrected chi connectivity index (χ4v) is 3.03. The number of aryl methyl sites for hydroxylation is 1. The maximum atomic E-state index is 12.3. The lowest BCUT2D eigenvalue weighted by molar-refractivity contribution is -0.384. The van der Waals surface area contributed by atoms with Crippen molar-refractivity contribution in [2.24, 2.45) is 0 Å². The van der Waals surface area contributed by atoms with Crippen molar-refractivity contribution in [2.45, 2.75) is 19.4 Å². The molecule has 2 aromatic rings. The number of carbonyl (C=O) groups is 2. The van der Waals surface area contributed by atoms with Crippen LogP contribution in [0.2, 0.25) is 0 Å². The van der Waals surface area contributed by atoms with Crippen molar-refractivity contribution in [3.05, 3.63) is 58.1 Å². The fourth-order valence-electron chi connectivity index (χ4n) is 3.03. The second-order valence-electron chi connectivity index (χ2n) is 6.46. The van der Waals surface area contributed by atoms with E-state index in [1.54, 1.807) is 49.3 Å². The van der Waals surface area contributed by atoms with Crippen LogP contribution in [0.1, 0.15) is 12.0 Å². The summed E-state index contributed by atoms with van der Waals surface area (Å²) >= 11 is 0. The zero-order chi connectivity index (χ0) is 20.3. The molecular weight excluding hydrogens is 364 g/mol. The topological polar surface area (TPSA) is 114 Å². The molecule has 28 heavy (non-hydrogen) atoms. The Hall–Kier alpha value is -3.62. The molecule has 146 valence electrons. The average Bonchev–Trinajstić information content (AvgIpc) is 3.03. The number of hydrogen-bond acceptors (Lipinski definition) is 5. The number of carbonyl (C=O) groups excluding carboxylic acids is 2. The molecule has 0 aliphatic carbocycles. The van der Waals surface area contributed by atoms with Crippen LogP contribution in [0.3, 0.4) is 0 Å². The number of nitrogens with one attached hydrogen (secondary N) is 2. The predicted molar refractivity (Wildman–Crippen MR) is 104 cm³/mol. The molecule has 1 aliphatic heterocycles. The van der Waals surface area contributed by atoms with E-state index in [9.17, 15) is 19.7 Å². The Labute approximate surface area is 161 Å². The van der Waals surface area contributed by atoms with Crippen molar-refractivity contribution in [1.29, 1.82) is 0 Å². The normalized spacial score (nSPS) is 16.0. The second kappa shape index (κ2) is 7.95. The first kappa shape index (κ1) is 19.2. The Morgan fingerprint density at radius 2 is 2.07 bits per heavy atom. The molecule has 0 aromatic heterocycles. The van der Waals surface area contributed by atoms with Gasteiger partial charge in [-0.05, 0) is 24.6 Å². The Morgan fingerprint density at radius 3 is 2.79 bits per heavy atom. The van der Waals surface area contributed by atoms with Gasteiger partial charge in [0.25, 0.3) is 5.69 Å². The Bertz CT molecular complexity index is 930. The first-order valence-corrected chi connectivity index (χ1v) is 8.64. The Morgan fingerprint density at radius 1 is 1.29 bits per heavy atom. The van der Waals surface area contributed by atoms with Crippen LogP contribution in [-0.2, 0) is 4.79 Å². The number of nitro groups is 1. The van der Waals surface area contributed by atoms with Crippen molar-refractivity contribution in [3.8, 4) is 5.75 Å². The van der Waals surface area contributed by atoms with Gasteiger partial charge in [-0.1, -0.05) is 12.1 Å². The molecule has 0 saturated carbocycles. The minimum absolute atomic E-state index is 0.106. The number of rotatable bonds is 5. The van der Waals surface area contributed by atoms with Gasteiger partial charge in [0, 0.05) is 36.9 Å². The first-order chi connectivity index (χ1) is 13.4. The largest absolute Gasteiger partial charge is 0.497 e. The van der Waals surface area contributed by atoms with Gasteiger partial charge in [0.15, 0.2) is 0 Å². The third-order valence-corrected chi connectivity index (χ3v) is 4.51. The lowest BCUT2D eigenvalue weighted by Crippen LogP contribution is -2.39. The van der Waals surface area contributed by atoms with Gasteiger partial charge in [-0.15, -0.1) is 0 Å². The van der Waals surface area contributed by atoms with Crippen LogP contribution in [0.25, 0.3) is 0 Å². The van der Waals surface area contributed by atoms with E-state index in [1.807, 2.05) is 0 Å². The number of urea groups is 1. The van der Waals surface area contributed by atoms with Gasteiger partial charge in [-0.2, -0.15) is 0 Å². The van der Waals surface area contributed by atoms with Gasteiger partial charge in [-0.25, -0.2) is 4.79 Å². The molecule has 1 aliphatic rings. The quantitative estimate of drug-likeness (QED) is 0.608. The van der Waals surface area contributed by atoms with Crippen molar-refractivity contribution in [3.63, 3.8) is 0 Å². The summed E-state index contributed by atoms with van der Waals surface area (Å²) in [6.45, 7) is 2.07. The maximum Gasteiger partial charge on any atom is 0.319 e. The molecule has 1 heterocycles. The third kappa shape index (κ3) is 4.20. The zero-order valence-electron chi connectivity index (χ0n) is 15.5. The highest BCUT2D eigenvalue weighted by Crippen LogP contribution is 2.26. The lowest BCUT2D eigenvalue weighted by Gasteiger charge is -2.18. The Balaban J connectivity index is 1.65. The molecule has 9 heteroatoms. The highest BCUT2D eigenvalue weighted by atomic mass is 16.6. The first-order valence-electron chi connectivity index (χ1n) is 8.64. The standard InChI is InChI=1S/C19H20N4O5/c1-12-6-7-15(23(26)27)10-17(12)21-19(25)20-13-8-18(24)22(11-13)14-4-3-5-16(9-14)28-2/h3-7,9-10,13H,8,11H2,1-2H3,(H2,20,21,25). The van der Waals surface area contributed by atoms with Crippen LogP contribution in [0, 0.1) is 17.0 Å². The summed E-state index contributed by atoms with van der Waals surface area (Å²) in [4.78, 5) is 36.6. The molecule has 3 rings (SSSR count). The molecule has 1 fully saturated rings. The lowest BCUT2D eigenvalue weighted by atomic mass is 10.2. The van der Waals surface area contributed by atoms with Crippen LogP contribution >= 0.6 is 0 Å². The zero-order valence-corrected chi connectivity index (χ0v) is 15.5. The predicted octanol–water partition coefficient (Wildman–Crippen LogP) is 2.84. The summed E-state index contributed by atoms with van der Waals surface area (Å²) in [6.07, 6.45) is 0.165. The number of non-ortho nitro benzene ring substituents is 1. The van der Waals surface area contributed by atoms with Crippen LogP contribution in [0.5, 0.6) is 5.75 Å². The molecule has 3 amide bonds. The molecule has 2 N–H and O–H groups in total. The number of nitrogens with zero attached hydrogens (tertiary/aromatic N) is 2. The summed E-state index contributed by atoms with van der Waals surface area (Å²) in [7, 11) is 1.55. The minimum atomic E-state index is -0.524. The van der Waals surface area contributed by atoms with Gasteiger partial charge in [0.05, 0.1) is 23.8 Å². The van der Waals surface area contributed by atoms with Crippen molar-refractivity contribution >= 4 is 29.0 Å². The van der Waals surface area contributed by atoms with Gasteiger partial charge >= 0.3 is 6.03 Å². The van der Waals surface area contributed by atoms with E-state index in [0.29, 0.717) is 29.2 Å². The summed E-state index contributed by atoms with van der Waals surface area (Å²) < 4.78 is 5.18. The van der Waals surface area contributed by atoms with E-state index < -0.39 is 11.0 Å². The highest BCUT2D eigenvalue weighted by molar-refractivity contribution is 5.98. The number of hydrogen-bond donors (Lipinski definition) is 2. The number of amides is 3. The molecule has 1 atom stereocenters. The molecule has 1 unspecified atom stereocenters. The van der Waals surface area contributed by atoms with Gasteiger partial charge in [-0.3, -0.25) is 14.9 Å². The van der Waals surface area contributed by atoms with Gasteiger partial charge in [0.2, 0.25) is 5.91 Å². The number of methoxy groups -OCH3 is 1. The summed E-state index contributed by atoms with van der Waals surface area (Å²) in [5, 5.41) is 16.3. The van der Waals surface area contributed by atoms with Gasteiger partial charge in [0.1, 0.15) is 5.75 Å². The molecule has 1 saturated heterocycles. The van der Waals surface area contributed by atoms with Crippen LogP contribution in [-0.4, -0.2) is 36.6 Å². The summed E-state index contributed by atoms with van der Waals surface area (Å²) in [5.74, 6) is 0.533. The van der Waals surface area contributed by atoms with E-state index >= 15 is 0 Å². The third-order valence-electron chi connectivity index (χ3n) is 4.51. The van der Waals surface area contributed by atoms with E-state index in [4.69, 9.17) is 4.74 Å². The van der Waals surface area contributed by atoms with E-state index in [1.165, 1.54) is 12.1 Å². The highest BCUT2D eigenvalue weighted by Gasteiger charge is 2.31. The average molecular weight is 384 g/mol. The van der Waals surface area contributed by atoms with Crippen LogP contribution in [0.15, 0.2) is 42.5 Å². The fraction of sp³-hybridized carbons (Fsp3) is 0.263. The van der Waals surface area contributed by atoms with E-state index in [-0.39, 0.29) is 24.1 Å². The number of benzene rings is 2. The molecule has 0 bridgehead atoms. The smallest absolute Gasteiger partial charge is 0.319 e. The molecule has 0 spiro atoms. The van der Waals surface area contributed by atoms with Crippen LogP contribution in [0.4, 0.5) is 21.9 Å². The SMILES string of the molecule is COc1cccc(N2CC(NC(=O)Nc3cc([N+](=O)[O-])ccc3C)CC2=O)c1. The molecule has 9 nitrogen and oxygen atoms in total. The molecule has 0 radical (unpaired) electrons. The maximum absolute atomic E-state index is 12.3. The van der Waals surface area contributed by atoms with Gasteiger partial charge < -0.3 is 20.3 Å². The summed E-state index contributed by atoms with van der Waals surface area (Å²) in [6, 6.07) is 10.5. The number of nitro benzene ring substituents is 1. The van der Waals surface area contributed by atoms with Crippen molar-refractivity contribution in [2.75, 3.05) is 23.9 Å². The summed E-state index contributed by atoms with van der Waals surface area (Å²) in [5.41, 5.74) is 1.63. The minimum Gasteiger partial charge on any atom is -0.497 e. The second-order valence-corrected chi connectivity index (χ2v) is 6.46. The van der Waals surface area contributed by atoms with Crippen molar-refractivity contribution < 1.29 is 19.2 Å². The number of anilines is 2. The monoisotopic (exact) mass is 384 g/mol.